The standard InChI is InChI=1S/C29H31N7O2/c30-28-26-27(20-11-13-24(14-12-20)38-23-8-2-1-3-9-23)34-36(29(26)33-19-32-28)22-15-17-35(18-22)25(37)10-5-16-31-21-6-4-7-21/h1-3,5,8-14,19,21-22,31H,4,6-7,15-18H2,(H2,30,32,33)/b10-5+/t22-/m1/s1. The van der Waals surface area contributed by atoms with Crippen LogP contribution < -0.4 is 15.8 Å². The Morgan fingerprint density at radius 2 is 1.84 bits per heavy atom. The van der Waals surface area contributed by atoms with Crippen LogP contribution in [0, 0.1) is 0 Å². The van der Waals surface area contributed by atoms with Crippen molar-refractivity contribution in [2.45, 2.75) is 37.8 Å². The maximum Gasteiger partial charge on any atom is 0.246 e. The molecule has 194 valence electrons. The van der Waals surface area contributed by atoms with Crippen LogP contribution in [0.2, 0.25) is 0 Å². The number of hydrogen-bond acceptors (Lipinski definition) is 7. The summed E-state index contributed by atoms with van der Waals surface area (Å²) in [6.07, 6.45) is 9.62. The van der Waals surface area contributed by atoms with Gasteiger partial charge in [0.1, 0.15) is 29.3 Å². The minimum atomic E-state index is 0.00619. The zero-order chi connectivity index (χ0) is 25.9. The zero-order valence-electron chi connectivity index (χ0n) is 21.2. The molecule has 9 nitrogen and oxygen atoms in total. The highest BCUT2D eigenvalue weighted by Crippen LogP contribution is 2.35. The number of amides is 1. The van der Waals surface area contributed by atoms with Crippen molar-refractivity contribution in [1.29, 1.82) is 0 Å². The predicted octanol–water partition coefficient (Wildman–Crippen LogP) is 4.34. The van der Waals surface area contributed by atoms with Crippen LogP contribution in [0.15, 0.2) is 73.1 Å². The molecule has 1 aliphatic heterocycles. The SMILES string of the molecule is Nc1ncnc2c1c(-c1ccc(Oc3ccccc3)cc1)nn2[C@@H]1CCN(C(=O)/C=C/CNC2CCC2)C1. The van der Waals surface area contributed by atoms with E-state index < -0.39 is 0 Å². The Labute approximate surface area is 221 Å². The Morgan fingerprint density at radius 3 is 2.61 bits per heavy atom. The topological polar surface area (TPSA) is 111 Å². The van der Waals surface area contributed by atoms with Gasteiger partial charge in [-0.25, -0.2) is 14.6 Å². The van der Waals surface area contributed by atoms with E-state index in [2.05, 4.69) is 15.3 Å². The van der Waals surface area contributed by atoms with Gasteiger partial charge in [-0.1, -0.05) is 30.7 Å². The summed E-state index contributed by atoms with van der Waals surface area (Å²) in [4.78, 5) is 23.4. The second-order valence-corrected chi connectivity index (χ2v) is 9.86. The molecular formula is C29H31N7O2. The van der Waals surface area contributed by atoms with Gasteiger partial charge in [-0.05, 0) is 55.7 Å². The van der Waals surface area contributed by atoms with Crippen LogP contribution >= 0.6 is 0 Å². The number of nitrogens with one attached hydrogen (secondary N) is 1. The first-order chi connectivity index (χ1) is 18.7. The average molecular weight is 510 g/mol. The van der Waals surface area contributed by atoms with E-state index in [4.69, 9.17) is 15.6 Å². The van der Waals surface area contributed by atoms with Crippen molar-refractivity contribution in [2.24, 2.45) is 0 Å². The molecule has 0 radical (unpaired) electrons. The molecule has 4 aromatic rings. The van der Waals surface area contributed by atoms with E-state index in [0.29, 0.717) is 30.6 Å². The second kappa shape index (κ2) is 10.6. The maximum absolute atomic E-state index is 12.8. The number of rotatable bonds is 8. The summed E-state index contributed by atoms with van der Waals surface area (Å²) >= 11 is 0. The normalized spacial score (nSPS) is 17.8. The van der Waals surface area contributed by atoms with Crippen molar-refractivity contribution < 1.29 is 9.53 Å². The van der Waals surface area contributed by atoms with E-state index in [1.54, 1.807) is 6.08 Å². The Hall–Kier alpha value is -4.24. The van der Waals surface area contributed by atoms with Gasteiger partial charge < -0.3 is 20.7 Å². The monoisotopic (exact) mass is 509 g/mol. The number of hydrogen-bond donors (Lipinski definition) is 2. The van der Waals surface area contributed by atoms with Crippen LogP contribution in [0.3, 0.4) is 0 Å². The molecule has 1 aliphatic carbocycles. The van der Waals surface area contributed by atoms with Gasteiger partial charge in [0.05, 0.1) is 11.4 Å². The van der Waals surface area contributed by atoms with Gasteiger partial charge in [0.2, 0.25) is 5.91 Å². The minimum Gasteiger partial charge on any atom is -0.457 e. The lowest BCUT2D eigenvalue weighted by molar-refractivity contribution is -0.125. The van der Waals surface area contributed by atoms with Crippen LogP contribution in [0.4, 0.5) is 5.82 Å². The fourth-order valence-electron chi connectivity index (χ4n) is 5.01. The lowest BCUT2D eigenvalue weighted by Gasteiger charge is -2.25. The first-order valence-electron chi connectivity index (χ1n) is 13.2. The molecule has 38 heavy (non-hydrogen) atoms. The number of aromatic nitrogens is 4. The molecule has 1 atom stereocenters. The predicted molar refractivity (Wildman–Crippen MR) is 147 cm³/mol. The number of anilines is 1. The van der Waals surface area contributed by atoms with Crippen molar-refractivity contribution in [1.82, 2.24) is 30.0 Å². The molecule has 1 saturated heterocycles. The molecule has 2 aliphatic rings. The van der Waals surface area contributed by atoms with E-state index in [1.807, 2.05) is 70.3 Å². The number of benzene rings is 2. The molecule has 3 heterocycles. The third-order valence-corrected chi connectivity index (χ3v) is 7.34. The van der Waals surface area contributed by atoms with Crippen molar-refractivity contribution in [3.8, 4) is 22.8 Å². The van der Waals surface area contributed by atoms with Gasteiger partial charge in [0.15, 0.2) is 5.65 Å². The summed E-state index contributed by atoms with van der Waals surface area (Å²) in [5, 5.41) is 9.12. The molecule has 9 heteroatoms. The molecule has 6 rings (SSSR count). The van der Waals surface area contributed by atoms with E-state index in [9.17, 15) is 4.79 Å². The van der Waals surface area contributed by atoms with Crippen LogP contribution in [0.5, 0.6) is 11.5 Å². The fourth-order valence-corrected chi connectivity index (χ4v) is 5.01. The van der Waals surface area contributed by atoms with E-state index in [-0.39, 0.29) is 11.9 Å². The quantitative estimate of drug-likeness (QED) is 0.340. The number of carbonyl (C=O) groups excluding carboxylic acids is 1. The number of nitrogens with two attached hydrogens (primary N) is 1. The molecule has 2 aromatic carbocycles. The molecule has 1 amide bonds. The van der Waals surface area contributed by atoms with Crippen LogP contribution in [0.1, 0.15) is 31.7 Å². The van der Waals surface area contributed by atoms with E-state index in [0.717, 1.165) is 41.1 Å². The number of ether oxygens (including phenoxy) is 1. The average Bonchev–Trinajstić information content (AvgIpc) is 3.55. The van der Waals surface area contributed by atoms with Gasteiger partial charge in [0, 0.05) is 37.3 Å². The van der Waals surface area contributed by atoms with E-state index in [1.165, 1.54) is 25.6 Å². The Kier molecular flexibility index (Phi) is 6.75. The van der Waals surface area contributed by atoms with Gasteiger partial charge >= 0.3 is 0 Å². The summed E-state index contributed by atoms with van der Waals surface area (Å²) < 4.78 is 7.84. The Morgan fingerprint density at radius 1 is 1.05 bits per heavy atom. The smallest absolute Gasteiger partial charge is 0.246 e. The van der Waals surface area contributed by atoms with Crippen LogP contribution in [0.25, 0.3) is 22.3 Å². The maximum atomic E-state index is 12.8. The Balaban J connectivity index is 1.20. The van der Waals surface area contributed by atoms with Gasteiger partial charge in [-0.3, -0.25) is 4.79 Å². The Bertz CT molecular complexity index is 1450. The second-order valence-electron chi connectivity index (χ2n) is 9.86. The van der Waals surface area contributed by atoms with Crippen molar-refractivity contribution in [2.75, 3.05) is 25.4 Å². The first-order valence-corrected chi connectivity index (χ1v) is 13.2. The number of fused-ring (bicyclic) bond motifs is 1. The van der Waals surface area contributed by atoms with Gasteiger partial charge in [-0.15, -0.1) is 0 Å². The highest BCUT2D eigenvalue weighted by molar-refractivity contribution is 5.98. The molecule has 3 N–H and O–H groups in total. The molecule has 0 unspecified atom stereocenters. The first kappa shape index (κ1) is 24.1. The number of nitrogens with zero attached hydrogens (tertiary/aromatic N) is 5. The van der Waals surface area contributed by atoms with Crippen molar-refractivity contribution >= 4 is 22.8 Å². The lowest BCUT2D eigenvalue weighted by Crippen LogP contribution is -2.35. The summed E-state index contributed by atoms with van der Waals surface area (Å²) in [6, 6.07) is 18.0. The molecule has 0 bridgehead atoms. The fraction of sp³-hybridized carbons (Fsp3) is 0.310. The highest BCUT2D eigenvalue weighted by atomic mass is 16.5. The van der Waals surface area contributed by atoms with Crippen molar-refractivity contribution in [3.63, 3.8) is 0 Å². The lowest BCUT2D eigenvalue weighted by atomic mass is 9.93. The molecular weight excluding hydrogens is 478 g/mol. The number of likely N-dealkylation sites (tertiary alicyclic amines) is 1. The summed E-state index contributed by atoms with van der Waals surface area (Å²) in [6.45, 7) is 1.97. The zero-order valence-corrected chi connectivity index (χ0v) is 21.2. The number of carbonyl (C=O) groups is 1. The molecule has 0 spiro atoms. The molecule has 1 saturated carbocycles. The summed E-state index contributed by atoms with van der Waals surface area (Å²) in [5.41, 5.74) is 8.60. The summed E-state index contributed by atoms with van der Waals surface area (Å²) in [7, 11) is 0. The minimum absolute atomic E-state index is 0.00619. The third kappa shape index (κ3) is 4.97. The molecule has 2 fully saturated rings. The van der Waals surface area contributed by atoms with Gasteiger partial charge in [-0.2, -0.15) is 5.10 Å². The number of nitrogen functional groups attached to an aromatic ring is 1. The van der Waals surface area contributed by atoms with E-state index >= 15 is 0 Å². The van der Waals surface area contributed by atoms with Crippen LogP contribution in [-0.2, 0) is 4.79 Å². The van der Waals surface area contributed by atoms with Gasteiger partial charge in [0.25, 0.3) is 0 Å². The summed E-state index contributed by atoms with van der Waals surface area (Å²) in [5.74, 6) is 1.92. The largest absolute Gasteiger partial charge is 0.457 e. The molecule has 2 aromatic heterocycles. The third-order valence-electron chi connectivity index (χ3n) is 7.34. The number of para-hydroxylation sites is 1. The highest BCUT2D eigenvalue weighted by Gasteiger charge is 2.30. The van der Waals surface area contributed by atoms with Crippen molar-refractivity contribution in [3.05, 3.63) is 73.1 Å². The van der Waals surface area contributed by atoms with Crippen LogP contribution in [-0.4, -0.2) is 56.2 Å².